The van der Waals surface area contributed by atoms with Gasteiger partial charge in [0, 0.05) is 17.8 Å². The number of hydrogen-bond donors (Lipinski definition) is 1. The number of hydrogen-bond acceptors (Lipinski definition) is 4. The molecular formula is C30H29NO4. The molecule has 5 heteroatoms. The molecule has 0 bridgehead atoms. The minimum Gasteiger partial charge on any atom is -0.488 e. The van der Waals surface area contributed by atoms with Gasteiger partial charge in [-0.05, 0) is 60.4 Å². The molecule has 1 saturated carbocycles. The molecule has 2 atom stereocenters. The minimum absolute atomic E-state index is 0.0998. The maximum Gasteiger partial charge on any atom is 0.251 e. The van der Waals surface area contributed by atoms with Crippen molar-refractivity contribution in [2.24, 2.45) is 0 Å². The Morgan fingerprint density at radius 3 is 2.31 bits per heavy atom. The third-order valence-electron chi connectivity index (χ3n) is 6.49. The number of para-hydroxylation sites is 2. The molecule has 3 aromatic carbocycles. The highest BCUT2D eigenvalue weighted by atomic mass is 16.5. The van der Waals surface area contributed by atoms with Gasteiger partial charge in [-0.25, -0.2) is 0 Å². The first-order chi connectivity index (χ1) is 17.2. The lowest BCUT2D eigenvalue weighted by Gasteiger charge is -2.29. The molecule has 0 unspecified atom stereocenters. The second kappa shape index (κ2) is 10.6. The molecule has 35 heavy (non-hydrogen) atoms. The van der Waals surface area contributed by atoms with Crippen LogP contribution in [-0.4, -0.2) is 15.8 Å². The topological polar surface area (TPSA) is 60.7 Å². The van der Waals surface area contributed by atoms with Crippen molar-refractivity contribution in [1.82, 2.24) is 4.57 Å². The quantitative estimate of drug-likeness (QED) is 0.343. The average Bonchev–Trinajstić information content (AvgIpc) is 2.90. The number of aromatic nitrogens is 1. The van der Waals surface area contributed by atoms with Gasteiger partial charge in [-0.2, -0.15) is 0 Å². The predicted octanol–water partition coefficient (Wildman–Crippen LogP) is 6.36. The molecule has 1 aliphatic rings. The summed E-state index contributed by atoms with van der Waals surface area (Å²) >= 11 is 0. The molecule has 1 fully saturated rings. The second-order valence-electron chi connectivity index (χ2n) is 8.92. The molecule has 1 aromatic heterocycles. The first kappa shape index (κ1) is 22.9. The number of aliphatic hydroxyl groups is 1. The monoisotopic (exact) mass is 467 g/mol. The first-order valence-corrected chi connectivity index (χ1v) is 12.1. The van der Waals surface area contributed by atoms with Gasteiger partial charge >= 0.3 is 0 Å². The van der Waals surface area contributed by atoms with Gasteiger partial charge in [-0.1, -0.05) is 61.4 Å². The zero-order chi connectivity index (χ0) is 24.0. The summed E-state index contributed by atoms with van der Waals surface area (Å²) in [4.78, 5) is 12.9. The number of ether oxygens (including phenoxy) is 2. The van der Waals surface area contributed by atoms with E-state index in [1.54, 1.807) is 16.8 Å². The van der Waals surface area contributed by atoms with Gasteiger partial charge in [0.15, 0.2) is 0 Å². The summed E-state index contributed by atoms with van der Waals surface area (Å²) in [6.45, 7) is 0.397. The number of benzene rings is 3. The van der Waals surface area contributed by atoms with Crippen LogP contribution in [0.25, 0.3) is 11.1 Å². The molecule has 1 heterocycles. The highest BCUT2D eigenvalue weighted by molar-refractivity contribution is 5.69. The van der Waals surface area contributed by atoms with Crippen LogP contribution >= 0.6 is 0 Å². The van der Waals surface area contributed by atoms with Crippen molar-refractivity contribution in [3.05, 3.63) is 113 Å². The number of nitrogens with zero attached hydrogens (tertiary/aromatic N) is 1. The smallest absolute Gasteiger partial charge is 0.251 e. The lowest BCUT2D eigenvalue weighted by atomic mass is 9.92. The zero-order valence-electron chi connectivity index (χ0n) is 19.5. The molecule has 0 amide bonds. The maximum absolute atomic E-state index is 12.9. The van der Waals surface area contributed by atoms with E-state index in [4.69, 9.17) is 9.47 Å². The molecule has 5 nitrogen and oxygen atoms in total. The molecule has 0 radical (unpaired) electrons. The summed E-state index contributed by atoms with van der Waals surface area (Å²) in [5.41, 5.74) is 2.59. The van der Waals surface area contributed by atoms with Crippen LogP contribution in [0.2, 0.25) is 0 Å². The van der Waals surface area contributed by atoms with Crippen LogP contribution in [0.3, 0.4) is 0 Å². The van der Waals surface area contributed by atoms with E-state index >= 15 is 0 Å². The Kier molecular flexibility index (Phi) is 6.96. The Bertz CT molecular complexity index is 1310. The van der Waals surface area contributed by atoms with Gasteiger partial charge in [-0.15, -0.1) is 0 Å². The average molecular weight is 468 g/mol. The second-order valence-corrected chi connectivity index (χ2v) is 8.92. The molecule has 0 spiro atoms. The summed E-state index contributed by atoms with van der Waals surface area (Å²) in [5, 5.41) is 10.4. The summed E-state index contributed by atoms with van der Waals surface area (Å²) in [6, 6.07) is 28.7. The highest BCUT2D eigenvalue weighted by Gasteiger charge is 2.25. The van der Waals surface area contributed by atoms with E-state index in [1.165, 1.54) is 0 Å². The van der Waals surface area contributed by atoms with Gasteiger partial charge < -0.3 is 19.1 Å². The predicted molar refractivity (Wildman–Crippen MR) is 137 cm³/mol. The van der Waals surface area contributed by atoms with E-state index in [9.17, 15) is 9.90 Å². The van der Waals surface area contributed by atoms with Crippen LogP contribution in [0.1, 0.15) is 37.3 Å². The molecule has 0 saturated heterocycles. The van der Waals surface area contributed by atoms with Crippen LogP contribution in [0, 0.1) is 0 Å². The Hall–Kier alpha value is -3.83. The summed E-state index contributed by atoms with van der Waals surface area (Å²) in [5.74, 6) is 2.28. The zero-order valence-corrected chi connectivity index (χ0v) is 19.5. The normalized spacial score (nSPS) is 17.6. The van der Waals surface area contributed by atoms with Crippen molar-refractivity contribution in [2.45, 2.75) is 44.4 Å². The molecule has 178 valence electrons. The standard InChI is InChI=1S/C30H29NO4/c32-28-12-6-5-11-27(28)31-19-18-23(20-30(31)33)26-10-4-7-13-29(26)34-21-22-14-16-25(17-15-22)35-24-8-2-1-3-9-24/h1-4,7-10,13-20,27-28,32H,5-6,11-12,21H2/t27-,28-/m0/s1. The van der Waals surface area contributed by atoms with Gasteiger partial charge in [-0.3, -0.25) is 4.79 Å². The Morgan fingerprint density at radius 1 is 0.829 bits per heavy atom. The van der Waals surface area contributed by atoms with Crippen molar-refractivity contribution in [3.63, 3.8) is 0 Å². The fourth-order valence-corrected chi connectivity index (χ4v) is 4.62. The first-order valence-electron chi connectivity index (χ1n) is 12.1. The van der Waals surface area contributed by atoms with E-state index in [0.29, 0.717) is 12.4 Å². The van der Waals surface area contributed by atoms with E-state index in [-0.39, 0.29) is 11.6 Å². The number of aliphatic hydroxyl groups excluding tert-OH is 1. The molecule has 5 rings (SSSR count). The lowest BCUT2D eigenvalue weighted by molar-refractivity contribution is 0.0738. The largest absolute Gasteiger partial charge is 0.488 e. The molecule has 4 aromatic rings. The van der Waals surface area contributed by atoms with Crippen LogP contribution < -0.4 is 15.0 Å². The Labute approximate surface area is 205 Å². The SMILES string of the molecule is O=c1cc(-c2ccccc2OCc2ccc(Oc3ccccc3)cc2)ccn1[C@H]1CCCC[C@@H]1O. The van der Waals surface area contributed by atoms with Crippen LogP contribution in [0.4, 0.5) is 0 Å². The van der Waals surface area contributed by atoms with Crippen LogP contribution in [0.15, 0.2) is 102 Å². The minimum atomic E-state index is -0.465. The Morgan fingerprint density at radius 2 is 1.54 bits per heavy atom. The van der Waals surface area contributed by atoms with Crippen molar-refractivity contribution in [1.29, 1.82) is 0 Å². The van der Waals surface area contributed by atoms with Crippen molar-refractivity contribution in [2.75, 3.05) is 0 Å². The fourth-order valence-electron chi connectivity index (χ4n) is 4.62. The van der Waals surface area contributed by atoms with E-state index in [2.05, 4.69) is 0 Å². The van der Waals surface area contributed by atoms with Gasteiger partial charge in [0.1, 0.15) is 23.9 Å². The van der Waals surface area contributed by atoms with E-state index in [1.807, 2.05) is 84.9 Å². The van der Waals surface area contributed by atoms with Crippen LogP contribution in [-0.2, 0) is 6.61 Å². The molecule has 0 aliphatic heterocycles. The van der Waals surface area contributed by atoms with Gasteiger partial charge in [0.05, 0.1) is 12.1 Å². The van der Waals surface area contributed by atoms with Crippen molar-refractivity contribution in [3.8, 4) is 28.4 Å². The number of pyridine rings is 1. The van der Waals surface area contributed by atoms with Crippen molar-refractivity contribution < 1.29 is 14.6 Å². The molecule has 1 aliphatic carbocycles. The lowest BCUT2D eigenvalue weighted by Crippen LogP contribution is -2.34. The molecular weight excluding hydrogens is 438 g/mol. The summed E-state index contributed by atoms with van der Waals surface area (Å²) in [7, 11) is 0. The third kappa shape index (κ3) is 5.47. The Balaban J connectivity index is 1.29. The maximum atomic E-state index is 12.9. The molecule has 1 N–H and O–H groups in total. The summed E-state index contributed by atoms with van der Waals surface area (Å²) in [6.07, 6.45) is 4.96. The van der Waals surface area contributed by atoms with Gasteiger partial charge in [0.2, 0.25) is 0 Å². The van der Waals surface area contributed by atoms with E-state index in [0.717, 1.165) is 53.9 Å². The van der Waals surface area contributed by atoms with Gasteiger partial charge in [0.25, 0.3) is 5.56 Å². The summed E-state index contributed by atoms with van der Waals surface area (Å²) < 4.78 is 13.7. The van der Waals surface area contributed by atoms with Crippen LogP contribution in [0.5, 0.6) is 17.2 Å². The highest BCUT2D eigenvalue weighted by Crippen LogP contribution is 2.32. The third-order valence-corrected chi connectivity index (χ3v) is 6.49. The van der Waals surface area contributed by atoms with Crippen molar-refractivity contribution >= 4 is 0 Å². The fraction of sp³-hybridized carbons (Fsp3) is 0.233. The van der Waals surface area contributed by atoms with E-state index < -0.39 is 6.10 Å². The number of rotatable bonds is 7.